The monoisotopic (exact) mass is 311 g/mol. The van der Waals surface area contributed by atoms with E-state index in [1.54, 1.807) is 4.90 Å². The maximum atomic E-state index is 12.3. The van der Waals surface area contributed by atoms with Crippen LogP contribution in [0.1, 0.15) is 6.42 Å². The fraction of sp³-hybridized carbons (Fsp3) is 0.917. The molecule has 1 amide bonds. The van der Waals surface area contributed by atoms with E-state index in [-0.39, 0.29) is 11.9 Å². The number of thioether (sulfide) groups is 1. The fourth-order valence-corrected chi connectivity index (χ4v) is 3.45. The molecule has 2 aliphatic rings. The number of nitrogens with zero attached hydrogens (tertiary/aromatic N) is 2. The van der Waals surface area contributed by atoms with Gasteiger partial charge >= 0.3 is 6.18 Å². The molecule has 0 bridgehead atoms. The molecule has 2 rings (SSSR count). The number of amides is 1. The summed E-state index contributed by atoms with van der Waals surface area (Å²) in [6.07, 6.45) is -3.71. The topological polar surface area (TPSA) is 35.6 Å². The van der Waals surface area contributed by atoms with Gasteiger partial charge in [-0.1, -0.05) is 0 Å². The lowest BCUT2D eigenvalue weighted by Crippen LogP contribution is -2.52. The summed E-state index contributed by atoms with van der Waals surface area (Å²) in [7, 11) is 0. The molecule has 0 aromatic carbocycles. The number of rotatable bonds is 3. The van der Waals surface area contributed by atoms with E-state index in [1.165, 1.54) is 4.90 Å². The van der Waals surface area contributed by atoms with Crippen molar-refractivity contribution in [2.24, 2.45) is 0 Å². The minimum absolute atomic E-state index is 0.0525. The zero-order chi connectivity index (χ0) is 14.6. The first kappa shape index (κ1) is 15.9. The molecule has 0 spiro atoms. The number of halogens is 3. The Balaban J connectivity index is 1.71. The Morgan fingerprint density at radius 3 is 2.50 bits per heavy atom. The van der Waals surface area contributed by atoms with Crippen LogP contribution in [0.15, 0.2) is 0 Å². The van der Waals surface area contributed by atoms with E-state index in [1.807, 2.05) is 11.8 Å². The Labute approximate surface area is 121 Å². The van der Waals surface area contributed by atoms with Crippen molar-refractivity contribution in [1.82, 2.24) is 15.1 Å². The van der Waals surface area contributed by atoms with Gasteiger partial charge in [0, 0.05) is 56.7 Å². The number of piperazine rings is 1. The van der Waals surface area contributed by atoms with Gasteiger partial charge in [0.25, 0.3) is 0 Å². The van der Waals surface area contributed by atoms with E-state index in [2.05, 4.69) is 5.32 Å². The average molecular weight is 311 g/mol. The maximum absolute atomic E-state index is 12.3. The smallest absolute Gasteiger partial charge is 0.340 e. The van der Waals surface area contributed by atoms with Crippen molar-refractivity contribution in [2.75, 3.05) is 50.8 Å². The normalized spacial score (nSPS) is 25.8. The quantitative estimate of drug-likeness (QED) is 0.836. The number of carbonyl (C=O) groups excluding carboxylic acids is 1. The second kappa shape index (κ2) is 7.00. The average Bonchev–Trinajstić information content (AvgIpc) is 2.39. The first-order valence-corrected chi connectivity index (χ1v) is 7.97. The van der Waals surface area contributed by atoms with E-state index in [9.17, 15) is 18.0 Å². The molecule has 1 unspecified atom stereocenters. The second-order valence-electron chi connectivity index (χ2n) is 5.20. The lowest BCUT2D eigenvalue weighted by Gasteiger charge is -2.36. The van der Waals surface area contributed by atoms with Crippen molar-refractivity contribution in [3.8, 4) is 0 Å². The highest BCUT2D eigenvalue weighted by Gasteiger charge is 2.33. The van der Waals surface area contributed by atoms with E-state index in [4.69, 9.17) is 0 Å². The molecule has 1 N–H and O–H groups in total. The van der Waals surface area contributed by atoms with E-state index < -0.39 is 12.7 Å². The molecule has 2 saturated heterocycles. The van der Waals surface area contributed by atoms with Crippen LogP contribution in [-0.2, 0) is 4.79 Å². The van der Waals surface area contributed by atoms with E-state index in [0.717, 1.165) is 18.1 Å². The summed E-state index contributed by atoms with van der Waals surface area (Å²) in [5, 5.41) is 3.30. The lowest BCUT2D eigenvalue weighted by molar-refractivity contribution is -0.151. The summed E-state index contributed by atoms with van der Waals surface area (Å²) in [5.74, 6) is 2.05. The Morgan fingerprint density at radius 2 is 1.95 bits per heavy atom. The predicted octanol–water partition coefficient (Wildman–Crippen LogP) is 0.788. The molecule has 4 nitrogen and oxygen atoms in total. The molecule has 2 aliphatic heterocycles. The first-order valence-electron chi connectivity index (χ1n) is 6.82. The maximum Gasteiger partial charge on any atom is 0.401 e. The van der Waals surface area contributed by atoms with Gasteiger partial charge in [0.05, 0.1) is 6.54 Å². The molecule has 0 radical (unpaired) electrons. The molecule has 8 heteroatoms. The highest BCUT2D eigenvalue weighted by Crippen LogP contribution is 2.18. The molecule has 2 fully saturated rings. The minimum Gasteiger partial charge on any atom is -0.340 e. The largest absolute Gasteiger partial charge is 0.401 e. The Hall–Kier alpha value is -0.470. The first-order chi connectivity index (χ1) is 9.44. The summed E-state index contributed by atoms with van der Waals surface area (Å²) in [4.78, 5) is 15.1. The summed E-state index contributed by atoms with van der Waals surface area (Å²) in [6, 6.07) is 0.203. The zero-order valence-corrected chi connectivity index (χ0v) is 12.1. The summed E-state index contributed by atoms with van der Waals surface area (Å²) in [6.45, 7) is 1.44. The van der Waals surface area contributed by atoms with Crippen LogP contribution < -0.4 is 5.32 Å². The van der Waals surface area contributed by atoms with Crippen molar-refractivity contribution >= 4 is 17.7 Å². The standard InChI is InChI=1S/C12H20F3N3OS/c13-12(14,15)9-17-2-4-18(5-3-17)11(19)7-10-8-20-6-1-16-10/h10,16H,1-9H2. The van der Waals surface area contributed by atoms with Crippen LogP contribution in [0.4, 0.5) is 13.2 Å². The molecule has 0 aliphatic carbocycles. The molecule has 0 aromatic heterocycles. The number of alkyl halides is 3. The van der Waals surface area contributed by atoms with Crippen LogP contribution in [0, 0.1) is 0 Å². The summed E-state index contributed by atoms with van der Waals surface area (Å²) < 4.78 is 36.8. The number of nitrogens with one attached hydrogen (secondary N) is 1. The van der Waals surface area contributed by atoms with Gasteiger partial charge in [-0.2, -0.15) is 24.9 Å². The van der Waals surface area contributed by atoms with Crippen LogP contribution in [0.5, 0.6) is 0 Å². The van der Waals surface area contributed by atoms with Gasteiger partial charge in [-0.15, -0.1) is 0 Å². The third-order valence-corrected chi connectivity index (χ3v) is 4.68. The molecule has 116 valence electrons. The number of hydrogen-bond acceptors (Lipinski definition) is 4. The lowest BCUT2D eigenvalue weighted by atomic mass is 10.2. The molecular weight excluding hydrogens is 291 g/mol. The molecular formula is C12H20F3N3OS. The third-order valence-electron chi connectivity index (χ3n) is 3.55. The highest BCUT2D eigenvalue weighted by molar-refractivity contribution is 7.99. The van der Waals surface area contributed by atoms with Gasteiger partial charge in [-0.3, -0.25) is 9.69 Å². The Bertz CT molecular complexity index is 326. The second-order valence-corrected chi connectivity index (χ2v) is 6.35. The Morgan fingerprint density at radius 1 is 1.25 bits per heavy atom. The van der Waals surface area contributed by atoms with Crippen LogP contribution in [-0.4, -0.2) is 78.7 Å². The van der Waals surface area contributed by atoms with Crippen molar-refractivity contribution in [1.29, 1.82) is 0 Å². The van der Waals surface area contributed by atoms with Gasteiger partial charge in [0.2, 0.25) is 5.91 Å². The van der Waals surface area contributed by atoms with Crippen molar-refractivity contribution in [2.45, 2.75) is 18.6 Å². The highest BCUT2D eigenvalue weighted by atomic mass is 32.2. The molecule has 0 aromatic rings. The van der Waals surface area contributed by atoms with Gasteiger partial charge in [0.15, 0.2) is 0 Å². The van der Waals surface area contributed by atoms with Gasteiger partial charge in [0.1, 0.15) is 0 Å². The van der Waals surface area contributed by atoms with Crippen LogP contribution in [0.25, 0.3) is 0 Å². The molecule has 1 atom stereocenters. The predicted molar refractivity (Wildman–Crippen MR) is 72.8 cm³/mol. The van der Waals surface area contributed by atoms with E-state index in [0.29, 0.717) is 32.6 Å². The Kier molecular flexibility index (Phi) is 5.57. The van der Waals surface area contributed by atoms with Crippen molar-refractivity contribution in [3.05, 3.63) is 0 Å². The molecule has 20 heavy (non-hydrogen) atoms. The van der Waals surface area contributed by atoms with Crippen LogP contribution >= 0.6 is 11.8 Å². The van der Waals surface area contributed by atoms with Crippen LogP contribution in [0.2, 0.25) is 0 Å². The summed E-state index contributed by atoms with van der Waals surface area (Å²) in [5.41, 5.74) is 0. The van der Waals surface area contributed by atoms with E-state index >= 15 is 0 Å². The number of hydrogen-bond donors (Lipinski definition) is 1. The molecule has 2 heterocycles. The van der Waals surface area contributed by atoms with Crippen molar-refractivity contribution in [3.63, 3.8) is 0 Å². The third kappa shape index (κ3) is 5.14. The van der Waals surface area contributed by atoms with Crippen molar-refractivity contribution < 1.29 is 18.0 Å². The number of carbonyl (C=O) groups is 1. The van der Waals surface area contributed by atoms with Gasteiger partial charge < -0.3 is 10.2 Å². The van der Waals surface area contributed by atoms with Gasteiger partial charge in [-0.25, -0.2) is 0 Å². The SMILES string of the molecule is O=C(CC1CSCCN1)N1CCN(CC(F)(F)F)CC1. The minimum atomic E-state index is -4.16. The summed E-state index contributed by atoms with van der Waals surface area (Å²) >= 11 is 1.83. The van der Waals surface area contributed by atoms with Gasteiger partial charge in [-0.05, 0) is 0 Å². The zero-order valence-electron chi connectivity index (χ0n) is 11.3. The fourth-order valence-electron chi connectivity index (χ4n) is 2.50. The molecule has 0 saturated carbocycles. The van der Waals surface area contributed by atoms with Crippen LogP contribution in [0.3, 0.4) is 0 Å².